The van der Waals surface area contributed by atoms with E-state index < -0.39 is 8.07 Å². The van der Waals surface area contributed by atoms with Gasteiger partial charge in [0.05, 0.1) is 11.9 Å². The van der Waals surface area contributed by atoms with Crippen LogP contribution in [0.2, 0.25) is 25.7 Å². The smallest absolute Gasteiger partial charge is 0.160 e. The van der Waals surface area contributed by atoms with Gasteiger partial charge >= 0.3 is 0 Å². The van der Waals surface area contributed by atoms with Crippen LogP contribution in [0.3, 0.4) is 0 Å². The fraction of sp³-hybridized carbons (Fsp3) is 0.600. The molecule has 1 saturated carbocycles. The molecule has 3 rings (SSSR count). The van der Waals surface area contributed by atoms with Gasteiger partial charge in [0.1, 0.15) is 12.2 Å². The zero-order valence-corrected chi connectivity index (χ0v) is 13.6. The Balaban J connectivity index is 1.63. The summed E-state index contributed by atoms with van der Waals surface area (Å²) in [5.41, 5.74) is 3.07. The monoisotopic (exact) mass is 289 g/mol. The van der Waals surface area contributed by atoms with Gasteiger partial charge in [-0.2, -0.15) is 0 Å². The van der Waals surface area contributed by atoms with Gasteiger partial charge in [-0.3, -0.25) is 0 Å². The van der Waals surface area contributed by atoms with Crippen LogP contribution in [0.1, 0.15) is 24.5 Å². The first kappa shape index (κ1) is 13.8. The predicted molar refractivity (Wildman–Crippen MR) is 83.6 cm³/mol. The highest BCUT2D eigenvalue weighted by Gasteiger charge is 2.25. The largest absolute Gasteiger partial charge is 0.361 e. The summed E-state index contributed by atoms with van der Waals surface area (Å²) in [4.78, 5) is 9.25. The lowest BCUT2D eigenvalue weighted by atomic mass is 10.3. The van der Waals surface area contributed by atoms with Crippen LogP contribution in [0.4, 0.5) is 0 Å². The van der Waals surface area contributed by atoms with E-state index in [-0.39, 0.29) is 0 Å². The molecule has 0 aliphatic heterocycles. The molecule has 1 aliphatic rings. The molecule has 20 heavy (non-hydrogen) atoms. The zero-order valence-electron chi connectivity index (χ0n) is 12.6. The Bertz CT molecular complexity index is 599. The van der Waals surface area contributed by atoms with E-state index in [1.807, 2.05) is 23.0 Å². The van der Waals surface area contributed by atoms with Crippen LogP contribution in [0.5, 0.6) is 0 Å². The summed E-state index contributed by atoms with van der Waals surface area (Å²) in [7, 11) is -1.01. The highest BCUT2D eigenvalue weighted by molar-refractivity contribution is 6.76. The normalized spacial score (nSPS) is 15.9. The van der Waals surface area contributed by atoms with E-state index in [1.165, 1.54) is 18.9 Å². The summed E-state index contributed by atoms with van der Waals surface area (Å²) < 4.78 is 7.83. The standard InChI is InChI=1S/C15H23N3OSi/c1-20(2,3)9-8-19-11-18-7-6-13-15(18)16-10-14(17-13)12-4-5-12/h6-7,10,12H,4-5,8-9,11H2,1-3H3. The first-order valence-corrected chi connectivity index (χ1v) is 11.1. The summed E-state index contributed by atoms with van der Waals surface area (Å²) in [5.74, 6) is 0.656. The maximum atomic E-state index is 5.78. The number of nitrogens with zero attached hydrogens (tertiary/aromatic N) is 3. The van der Waals surface area contributed by atoms with E-state index in [0.717, 1.165) is 23.5 Å². The lowest BCUT2D eigenvalue weighted by molar-refractivity contribution is 0.0899. The van der Waals surface area contributed by atoms with Crippen LogP contribution >= 0.6 is 0 Å². The Kier molecular flexibility index (Phi) is 3.64. The number of fused-ring (bicyclic) bond motifs is 1. The average Bonchev–Trinajstić information content (AvgIpc) is 3.15. The molecule has 0 amide bonds. The van der Waals surface area contributed by atoms with E-state index >= 15 is 0 Å². The lowest BCUT2D eigenvalue weighted by Crippen LogP contribution is -2.22. The highest BCUT2D eigenvalue weighted by Crippen LogP contribution is 2.38. The van der Waals surface area contributed by atoms with Crippen molar-refractivity contribution in [3.63, 3.8) is 0 Å². The molecule has 4 nitrogen and oxygen atoms in total. The average molecular weight is 289 g/mol. The lowest BCUT2D eigenvalue weighted by Gasteiger charge is -2.15. The Morgan fingerprint density at radius 2 is 2.15 bits per heavy atom. The van der Waals surface area contributed by atoms with Crippen LogP contribution in [-0.4, -0.2) is 29.2 Å². The molecule has 0 atom stereocenters. The number of hydrogen-bond acceptors (Lipinski definition) is 3. The molecule has 2 heterocycles. The van der Waals surface area contributed by atoms with Gasteiger partial charge in [-0.25, -0.2) is 9.97 Å². The van der Waals surface area contributed by atoms with Gasteiger partial charge in [-0.05, 0) is 25.0 Å². The van der Waals surface area contributed by atoms with Crippen molar-refractivity contribution in [2.24, 2.45) is 0 Å². The fourth-order valence-corrected chi connectivity index (χ4v) is 2.95. The highest BCUT2D eigenvalue weighted by atomic mass is 28.3. The first-order chi connectivity index (χ1) is 9.53. The molecule has 1 aliphatic carbocycles. The van der Waals surface area contributed by atoms with Gasteiger partial charge < -0.3 is 9.30 Å². The van der Waals surface area contributed by atoms with Crippen molar-refractivity contribution < 1.29 is 4.74 Å². The second kappa shape index (κ2) is 5.29. The fourth-order valence-electron chi connectivity index (χ4n) is 2.20. The van der Waals surface area contributed by atoms with Crippen LogP contribution in [-0.2, 0) is 11.5 Å². The van der Waals surface area contributed by atoms with Gasteiger partial charge in [0.2, 0.25) is 0 Å². The topological polar surface area (TPSA) is 39.9 Å². The van der Waals surface area contributed by atoms with Gasteiger partial charge in [-0.15, -0.1) is 0 Å². The summed E-state index contributed by atoms with van der Waals surface area (Å²) in [6.45, 7) is 8.51. The third-order valence-electron chi connectivity index (χ3n) is 3.70. The maximum absolute atomic E-state index is 5.78. The minimum absolute atomic E-state index is 0.575. The molecule has 0 unspecified atom stereocenters. The number of ether oxygens (including phenoxy) is 1. The number of hydrogen-bond donors (Lipinski definition) is 0. The third-order valence-corrected chi connectivity index (χ3v) is 5.41. The Morgan fingerprint density at radius 3 is 2.85 bits per heavy atom. The summed E-state index contributed by atoms with van der Waals surface area (Å²) in [6.07, 6.45) is 6.48. The molecule has 0 saturated heterocycles. The van der Waals surface area contributed by atoms with Crippen molar-refractivity contribution in [3.05, 3.63) is 24.2 Å². The zero-order chi connectivity index (χ0) is 14.2. The molecule has 2 aromatic rings. The van der Waals surface area contributed by atoms with E-state index in [9.17, 15) is 0 Å². The number of rotatable bonds is 6. The van der Waals surface area contributed by atoms with Crippen molar-refractivity contribution in [3.8, 4) is 0 Å². The predicted octanol–water partition coefficient (Wildman–Crippen LogP) is 3.62. The molecule has 5 heteroatoms. The maximum Gasteiger partial charge on any atom is 0.160 e. The van der Waals surface area contributed by atoms with E-state index in [4.69, 9.17) is 9.72 Å². The summed E-state index contributed by atoms with van der Waals surface area (Å²) >= 11 is 0. The number of aromatic nitrogens is 3. The van der Waals surface area contributed by atoms with Crippen molar-refractivity contribution in [2.75, 3.05) is 6.61 Å². The Hall–Kier alpha value is -1.20. The van der Waals surface area contributed by atoms with Crippen LogP contribution in [0.15, 0.2) is 18.5 Å². The molecule has 0 spiro atoms. The second-order valence-electron chi connectivity index (χ2n) is 6.91. The van der Waals surface area contributed by atoms with Gasteiger partial charge in [0.15, 0.2) is 5.65 Å². The third kappa shape index (κ3) is 3.27. The second-order valence-corrected chi connectivity index (χ2v) is 12.5. The molecule has 1 fully saturated rings. The first-order valence-electron chi connectivity index (χ1n) is 7.42. The Morgan fingerprint density at radius 1 is 1.35 bits per heavy atom. The molecule has 2 aromatic heterocycles. The molecule has 108 valence electrons. The Labute approximate surface area is 121 Å². The summed E-state index contributed by atoms with van der Waals surface area (Å²) in [5, 5.41) is 0. The summed E-state index contributed by atoms with van der Waals surface area (Å²) in [6, 6.07) is 3.24. The van der Waals surface area contributed by atoms with Gasteiger partial charge in [0.25, 0.3) is 0 Å². The van der Waals surface area contributed by atoms with Crippen molar-refractivity contribution in [1.82, 2.24) is 14.5 Å². The van der Waals surface area contributed by atoms with Crippen molar-refractivity contribution in [2.45, 2.75) is 51.2 Å². The van der Waals surface area contributed by atoms with Gasteiger partial charge in [-0.1, -0.05) is 19.6 Å². The van der Waals surface area contributed by atoms with E-state index in [2.05, 4.69) is 24.6 Å². The molecular weight excluding hydrogens is 266 g/mol. The minimum Gasteiger partial charge on any atom is -0.361 e. The van der Waals surface area contributed by atoms with Crippen molar-refractivity contribution in [1.29, 1.82) is 0 Å². The van der Waals surface area contributed by atoms with Crippen LogP contribution < -0.4 is 0 Å². The van der Waals surface area contributed by atoms with Gasteiger partial charge in [0, 0.05) is 26.8 Å². The SMILES string of the molecule is C[Si](C)(C)CCOCn1ccc2nc(C3CC3)cnc21. The molecule has 0 N–H and O–H groups in total. The van der Waals surface area contributed by atoms with E-state index in [1.54, 1.807) is 0 Å². The minimum atomic E-state index is -1.01. The molecular formula is C15H23N3OSi. The quantitative estimate of drug-likeness (QED) is 0.602. The van der Waals surface area contributed by atoms with Crippen LogP contribution in [0.25, 0.3) is 11.2 Å². The molecule has 0 bridgehead atoms. The molecule has 0 radical (unpaired) electrons. The molecule has 0 aromatic carbocycles. The van der Waals surface area contributed by atoms with Crippen LogP contribution in [0, 0.1) is 0 Å². The van der Waals surface area contributed by atoms with E-state index in [0.29, 0.717) is 12.6 Å². The van der Waals surface area contributed by atoms with Crippen molar-refractivity contribution >= 4 is 19.2 Å².